The highest BCUT2D eigenvalue weighted by Gasteiger charge is 2.16. The van der Waals surface area contributed by atoms with Crippen LogP contribution in [0.15, 0.2) is 35.3 Å². The van der Waals surface area contributed by atoms with E-state index >= 15 is 0 Å². The number of esters is 1. The molecule has 0 N–H and O–H groups in total. The normalized spacial score (nSPS) is 11.6. The van der Waals surface area contributed by atoms with Gasteiger partial charge in [0.15, 0.2) is 4.80 Å². The summed E-state index contributed by atoms with van der Waals surface area (Å²) in [6, 6.07) is 8.94. The lowest BCUT2D eigenvalue weighted by Gasteiger charge is -2.08. The summed E-state index contributed by atoms with van der Waals surface area (Å²) in [5.74, 6) is 0.0571. The topological polar surface area (TPSA) is 79.1 Å². The molecule has 0 radical (unpaired) electrons. The number of amides is 1. The number of hydrogen-bond donors (Lipinski definition) is 0. The molecule has 7 nitrogen and oxygen atoms in total. The van der Waals surface area contributed by atoms with Crippen LogP contribution in [0, 0.1) is 13.8 Å². The van der Waals surface area contributed by atoms with Gasteiger partial charge in [0.25, 0.3) is 5.91 Å². The van der Waals surface area contributed by atoms with Gasteiger partial charge in [-0.3, -0.25) is 9.59 Å². The summed E-state index contributed by atoms with van der Waals surface area (Å²) in [5.41, 5.74) is 3.26. The van der Waals surface area contributed by atoms with Crippen LogP contribution >= 0.6 is 11.3 Å². The number of carbonyl (C=O) groups is 2. The van der Waals surface area contributed by atoms with Crippen molar-refractivity contribution in [2.24, 2.45) is 4.99 Å². The van der Waals surface area contributed by atoms with Crippen molar-refractivity contribution in [2.75, 3.05) is 21.3 Å². The number of aryl methyl sites for hydroxylation is 2. The average Bonchev–Trinajstić information content (AvgIpc) is 3.04. The van der Waals surface area contributed by atoms with Crippen molar-refractivity contribution in [1.29, 1.82) is 0 Å². The van der Waals surface area contributed by atoms with Crippen molar-refractivity contribution in [1.82, 2.24) is 4.57 Å². The Morgan fingerprint density at radius 2 is 1.83 bits per heavy atom. The lowest BCUT2D eigenvalue weighted by molar-refractivity contribution is -0.141. The van der Waals surface area contributed by atoms with Crippen molar-refractivity contribution in [3.8, 4) is 11.5 Å². The molecule has 0 atom stereocenters. The highest BCUT2D eigenvalue weighted by molar-refractivity contribution is 7.16. The van der Waals surface area contributed by atoms with Gasteiger partial charge in [-0.25, -0.2) is 0 Å². The summed E-state index contributed by atoms with van der Waals surface area (Å²) in [7, 11) is 4.35. The first-order chi connectivity index (χ1) is 13.9. The summed E-state index contributed by atoms with van der Waals surface area (Å²) in [4.78, 5) is 29.6. The Morgan fingerprint density at radius 3 is 2.48 bits per heavy atom. The number of rotatable bonds is 5. The number of fused-ring (bicyclic) bond motifs is 1. The lowest BCUT2D eigenvalue weighted by atomic mass is 10.1. The van der Waals surface area contributed by atoms with Crippen molar-refractivity contribution >= 4 is 33.4 Å². The van der Waals surface area contributed by atoms with E-state index in [1.165, 1.54) is 32.7 Å². The molecule has 1 amide bonds. The van der Waals surface area contributed by atoms with Crippen LogP contribution in [0.25, 0.3) is 10.2 Å². The van der Waals surface area contributed by atoms with E-state index in [4.69, 9.17) is 14.2 Å². The van der Waals surface area contributed by atoms with Crippen LogP contribution in [0.5, 0.6) is 11.5 Å². The number of hydrogen-bond acceptors (Lipinski definition) is 6. The molecule has 0 unspecified atom stereocenters. The Morgan fingerprint density at radius 1 is 1.07 bits per heavy atom. The van der Waals surface area contributed by atoms with Crippen molar-refractivity contribution in [2.45, 2.75) is 20.4 Å². The van der Waals surface area contributed by atoms with Gasteiger partial charge >= 0.3 is 5.97 Å². The molecule has 29 heavy (non-hydrogen) atoms. The van der Waals surface area contributed by atoms with E-state index in [9.17, 15) is 9.59 Å². The first-order valence-corrected chi connectivity index (χ1v) is 9.68. The SMILES string of the molecule is COC(=O)Cn1c(=NC(=O)c2ccc(OC)cc2OC)sc2c(C)cc(C)cc21. The maximum atomic E-state index is 12.9. The third kappa shape index (κ3) is 4.17. The fourth-order valence-electron chi connectivity index (χ4n) is 3.07. The molecule has 2 aromatic carbocycles. The molecule has 0 saturated carbocycles. The zero-order valence-electron chi connectivity index (χ0n) is 16.9. The van der Waals surface area contributed by atoms with Crippen molar-refractivity contribution in [3.63, 3.8) is 0 Å². The first kappa shape index (κ1) is 20.6. The summed E-state index contributed by atoms with van der Waals surface area (Å²) >= 11 is 1.36. The van der Waals surface area contributed by atoms with Crippen molar-refractivity contribution in [3.05, 3.63) is 51.8 Å². The predicted octanol–water partition coefficient (Wildman–Crippen LogP) is 3.25. The van der Waals surface area contributed by atoms with Crippen LogP contribution < -0.4 is 14.3 Å². The van der Waals surface area contributed by atoms with Crippen molar-refractivity contribution < 1.29 is 23.8 Å². The second-order valence-corrected chi connectivity index (χ2v) is 7.44. The molecule has 0 aliphatic rings. The maximum Gasteiger partial charge on any atom is 0.325 e. The molecular formula is C21H22N2O5S. The predicted molar refractivity (Wildman–Crippen MR) is 111 cm³/mol. The molecule has 0 bridgehead atoms. The largest absolute Gasteiger partial charge is 0.497 e. The molecule has 3 aromatic rings. The van der Waals surface area contributed by atoms with Gasteiger partial charge in [-0.1, -0.05) is 17.4 Å². The minimum absolute atomic E-state index is 0.0365. The molecule has 0 aliphatic heterocycles. The third-order valence-electron chi connectivity index (χ3n) is 4.47. The zero-order chi connectivity index (χ0) is 21.1. The van der Waals surface area contributed by atoms with E-state index in [2.05, 4.69) is 11.1 Å². The molecule has 3 rings (SSSR count). The van der Waals surface area contributed by atoms with Crippen LogP contribution in [0.4, 0.5) is 0 Å². The molecule has 0 aliphatic carbocycles. The minimum atomic E-state index is -0.468. The van der Waals surface area contributed by atoms with E-state index in [1.807, 2.05) is 19.9 Å². The van der Waals surface area contributed by atoms with E-state index in [-0.39, 0.29) is 6.54 Å². The third-order valence-corrected chi connectivity index (χ3v) is 5.70. The number of carbonyl (C=O) groups excluding carboxylic acids is 2. The van der Waals surface area contributed by atoms with E-state index in [0.29, 0.717) is 21.9 Å². The number of methoxy groups -OCH3 is 3. The van der Waals surface area contributed by atoms with Gasteiger partial charge in [0.2, 0.25) is 0 Å². The Balaban J connectivity index is 2.19. The molecule has 0 fully saturated rings. The summed E-state index contributed by atoms with van der Waals surface area (Å²) in [5, 5.41) is 0. The van der Waals surface area contributed by atoms with Gasteiger partial charge in [-0.15, -0.1) is 0 Å². The molecule has 0 spiro atoms. The van der Waals surface area contributed by atoms with Gasteiger partial charge in [0, 0.05) is 6.07 Å². The van der Waals surface area contributed by atoms with Gasteiger partial charge in [0.05, 0.1) is 37.1 Å². The number of benzene rings is 2. The van der Waals surface area contributed by atoms with Crippen LogP contribution in [-0.2, 0) is 16.1 Å². The average molecular weight is 414 g/mol. The maximum absolute atomic E-state index is 12.9. The summed E-state index contributed by atoms with van der Waals surface area (Å²) < 4.78 is 18.0. The van der Waals surface area contributed by atoms with Gasteiger partial charge in [-0.05, 0) is 43.2 Å². The minimum Gasteiger partial charge on any atom is -0.497 e. The molecule has 1 aromatic heterocycles. The van der Waals surface area contributed by atoms with Gasteiger partial charge < -0.3 is 18.8 Å². The fraction of sp³-hybridized carbons (Fsp3) is 0.286. The Kier molecular flexibility index (Phi) is 6.03. The molecule has 0 saturated heterocycles. The Bertz CT molecular complexity index is 1160. The molecular weight excluding hydrogens is 392 g/mol. The molecule has 152 valence electrons. The van der Waals surface area contributed by atoms with Gasteiger partial charge in [-0.2, -0.15) is 4.99 Å². The van der Waals surface area contributed by atoms with Gasteiger partial charge in [0.1, 0.15) is 18.0 Å². The summed E-state index contributed by atoms with van der Waals surface area (Å²) in [6.07, 6.45) is 0. The number of nitrogens with zero attached hydrogens (tertiary/aromatic N) is 2. The quantitative estimate of drug-likeness (QED) is 0.599. The van der Waals surface area contributed by atoms with Crippen LogP contribution in [0.2, 0.25) is 0 Å². The van der Waals surface area contributed by atoms with E-state index in [1.54, 1.807) is 22.8 Å². The van der Waals surface area contributed by atoms with E-state index in [0.717, 1.165) is 21.3 Å². The monoisotopic (exact) mass is 414 g/mol. The lowest BCUT2D eigenvalue weighted by Crippen LogP contribution is -2.22. The van der Waals surface area contributed by atoms with Crippen LogP contribution in [0.1, 0.15) is 21.5 Å². The Labute approximate surface area is 172 Å². The first-order valence-electron chi connectivity index (χ1n) is 8.86. The van der Waals surface area contributed by atoms with Crippen LogP contribution in [0.3, 0.4) is 0 Å². The van der Waals surface area contributed by atoms with E-state index < -0.39 is 11.9 Å². The number of aromatic nitrogens is 1. The van der Waals surface area contributed by atoms with Crippen LogP contribution in [-0.4, -0.2) is 37.8 Å². The second kappa shape index (κ2) is 8.48. The molecule has 1 heterocycles. The highest BCUT2D eigenvalue weighted by atomic mass is 32.1. The summed E-state index contributed by atoms with van der Waals surface area (Å²) in [6.45, 7) is 3.94. The smallest absolute Gasteiger partial charge is 0.325 e. The Hall–Kier alpha value is -3.13. The zero-order valence-corrected chi connectivity index (χ0v) is 17.8. The fourth-order valence-corrected chi connectivity index (χ4v) is 4.14. The highest BCUT2D eigenvalue weighted by Crippen LogP contribution is 2.26. The second-order valence-electron chi connectivity index (χ2n) is 6.46. The number of thiazole rings is 1. The number of ether oxygens (including phenoxy) is 3. The molecule has 8 heteroatoms. The standard InChI is InChI=1S/C21H22N2O5S/c1-12-8-13(2)19-16(9-12)23(11-18(24)28-5)21(29-19)22-20(25)15-7-6-14(26-3)10-17(15)27-4/h6-10H,11H2,1-5H3.